The van der Waals surface area contributed by atoms with Crippen molar-refractivity contribution in [2.75, 3.05) is 0 Å². The number of phenolic OH excluding ortho intramolecular Hbond substituents is 1. The van der Waals surface area contributed by atoms with E-state index >= 15 is 0 Å². The third-order valence-corrected chi connectivity index (χ3v) is 2.30. The van der Waals surface area contributed by atoms with Crippen LogP contribution in [0.5, 0.6) is 5.75 Å². The zero-order valence-corrected chi connectivity index (χ0v) is 8.72. The van der Waals surface area contributed by atoms with Gasteiger partial charge in [-0.05, 0) is 26.0 Å². The molecule has 0 fully saturated rings. The van der Waals surface area contributed by atoms with Crippen LogP contribution < -0.4 is 5.73 Å². The van der Waals surface area contributed by atoms with Gasteiger partial charge < -0.3 is 10.8 Å². The Bertz CT molecular complexity index is 271. The van der Waals surface area contributed by atoms with Crippen LogP contribution in [0.1, 0.15) is 19.4 Å². The highest BCUT2D eigenvalue weighted by atomic mass is 79.9. The van der Waals surface area contributed by atoms with Crippen LogP contribution in [0.4, 0.5) is 0 Å². The standard InChI is InChI=1S/C9H12BrNO/c1-9(2,11)8-6(10)4-3-5-7(8)12/h3-5,12H,11H2,1-2H3. The van der Waals surface area contributed by atoms with Gasteiger partial charge in [0.25, 0.3) is 0 Å². The first kappa shape index (κ1) is 9.55. The zero-order chi connectivity index (χ0) is 9.35. The maximum absolute atomic E-state index is 9.52. The Morgan fingerprint density at radius 1 is 1.42 bits per heavy atom. The molecule has 0 aromatic heterocycles. The molecule has 0 unspecified atom stereocenters. The average Bonchev–Trinajstić information content (AvgIpc) is 1.82. The van der Waals surface area contributed by atoms with Crippen molar-refractivity contribution in [3.05, 3.63) is 28.2 Å². The summed E-state index contributed by atoms with van der Waals surface area (Å²) in [7, 11) is 0. The van der Waals surface area contributed by atoms with E-state index in [1.54, 1.807) is 12.1 Å². The maximum Gasteiger partial charge on any atom is 0.121 e. The molecule has 1 aromatic carbocycles. The van der Waals surface area contributed by atoms with E-state index in [0.717, 1.165) is 10.0 Å². The lowest BCUT2D eigenvalue weighted by Crippen LogP contribution is -2.29. The van der Waals surface area contributed by atoms with Gasteiger partial charge in [-0.25, -0.2) is 0 Å². The molecule has 0 bridgehead atoms. The molecule has 0 saturated carbocycles. The fourth-order valence-corrected chi connectivity index (χ4v) is 2.02. The summed E-state index contributed by atoms with van der Waals surface area (Å²) in [5.74, 6) is 0.233. The van der Waals surface area contributed by atoms with E-state index in [2.05, 4.69) is 15.9 Å². The largest absolute Gasteiger partial charge is 0.508 e. The van der Waals surface area contributed by atoms with Crippen LogP contribution in [0, 0.1) is 0 Å². The van der Waals surface area contributed by atoms with Gasteiger partial charge in [0.1, 0.15) is 5.75 Å². The molecule has 0 spiro atoms. The van der Waals surface area contributed by atoms with Gasteiger partial charge in [-0.15, -0.1) is 0 Å². The highest BCUT2D eigenvalue weighted by Crippen LogP contribution is 2.33. The van der Waals surface area contributed by atoms with E-state index in [-0.39, 0.29) is 5.75 Å². The predicted molar refractivity (Wildman–Crippen MR) is 53.0 cm³/mol. The second kappa shape index (κ2) is 3.07. The molecule has 0 saturated heterocycles. The maximum atomic E-state index is 9.52. The molecule has 66 valence electrons. The molecule has 0 aliphatic rings. The van der Waals surface area contributed by atoms with Gasteiger partial charge in [0.2, 0.25) is 0 Å². The van der Waals surface area contributed by atoms with Gasteiger partial charge in [0.05, 0.1) is 0 Å². The Kier molecular flexibility index (Phi) is 2.44. The fourth-order valence-electron chi connectivity index (χ4n) is 1.15. The minimum Gasteiger partial charge on any atom is -0.508 e. The molecule has 0 amide bonds. The molecule has 1 aromatic rings. The molecule has 0 radical (unpaired) electrons. The molecule has 2 nitrogen and oxygen atoms in total. The van der Waals surface area contributed by atoms with Crippen LogP contribution in [0.25, 0.3) is 0 Å². The van der Waals surface area contributed by atoms with E-state index in [1.807, 2.05) is 19.9 Å². The van der Waals surface area contributed by atoms with E-state index in [9.17, 15) is 5.11 Å². The van der Waals surface area contributed by atoms with Crippen LogP contribution in [-0.2, 0) is 5.54 Å². The quantitative estimate of drug-likeness (QED) is 0.777. The molecule has 12 heavy (non-hydrogen) atoms. The van der Waals surface area contributed by atoms with Crippen LogP contribution >= 0.6 is 15.9 Å². The van der Waals surface area contributed by atoms with E-state index < -0.39 is 5.54 Å². The van der Waals surface area contributed by atoms with Gasteiger partial charge in [-0.1, -0.05) is 22.0 Å². The average molecular weight is 230 g/mol. The van der Waals surface area contributed by atoms with E-state index in [1.165, 1.54) is 0 Å². The van der Waals surface area contributed by atoms with Crippen LogP contribution in [-0.4, -0.2) is 5.11 Å². The van der Waals surface area contributed by atoms with Gasteiger partial charge in [0, 0.05) is 15.6 Å². The molecule has 0 atom stereocenters. The minimum absolute atomic E-state index is 0.233. The predicted octanol–water partition coefficient (Wildman–Crippen LogP) is 2.35. The Labute approximate surface area is 80.5 Å². The Balaban J connectivity index is 3.31. The van der Waals surface area contributed by atoms with E-state index in [0.29, 0.717) is 0 Å². The third-order valence-electron chi connectivity index (χ3n) is 1.64. The highest BCUT2D eigenvalue weighted by molar-refractivity contribution is 9.10. The number of aromatic hydroxyl groups is 1. The number of phenols is 1. The van der Waals surface area contributed by atoms with Gasteiger partial charge in [0.15, 0.2) is 0 Å². The normalized spacial score (nSPS) is 11.7. The van der Waals surface area contributed by atoms with Crippen molar-refractivity contribution < 1.29 is 5.11 Å². The van der Waals surface area contributed by atoms with Crippen molar-refractivity contribution in [3.63, 3.8) is 0 Å². The van der Waals surface area contributed by atoms with Crippen molar-refractivity contribution in [1.29, 1.82) is 0 Å². The van der Waals surface area contributed by atoms with Crippen LogP contribution in [0.15, 0.2) is 22.7 Å². The first-order valence-electron chi connectivity index (χ1n) is 3.70. The third kappa shape index (κ3) is 1.79. The summed E-state index contributed by atoms with van der Waals surface area (Å²) in [5, 5.41) is 9.52. The lowest BCUT2D eigenvalue weighted by Gasteiger charge is -2.21. The summed E-state index contributed by atoms with van der Waals surface area (Å²) < 4.78 is 0.843. The molecule has 0 heterocycles. The number of benzene rings is 1. The van der Waals surface area contributed by atoms with Crippen molar-refractivity contribution in [3.8, 4) is 5.75 Å². The number of hydrogen-bond acceptors (Lipinski definition) is 2. The van der Waals surface area contributed by atoms with Crippen molar-refractivity contribution in [2.24, 2.45) is 5.73 Å². The highest BCUT2D eigenvalue weighted by Gasteiger charge is 2.20. The number of rotatable bonds is 1. The summed E-state index contributed by atoms with van der Waals surface area (Å²) in [6.45, 7) is 3.71. The van der Waals surface area contributed by atoms with Gasteiger partial charge >= 0.3 is 0 Å². The second-order valence-corrected chi connectivity index (χ2v) is 4.21. The van der Waals surface area contributed by atoms with Crippen LogP contribution in [0.3, 0.4) is 0 Å². The van der Waals surface area contributed by atoms with Crippen molar-refractivity contribution in [2.45, 2.75) is 19.4 Å². The minimum atomic E-state index is -0.524. The molecule has 0 aliphatic heterocycles. The summed E-state index contributed by atoms with van der Waals surface area (Å²) in [6, 6.07) is 5.27. The first-order chi connectivity index (χ1) is 5.43. The molecular weight excluding hydrogens is 218 g/mol. The first-order valence-corrected chi connectivity index (χ1v) is 4.49. The summed E-state index contributed by atoms with van der Waals surface area (Å²) in [6.07, 6.45) is 0. The second-order valence-electron chi connectivity index (χ2n) is 3.36. The number of nitrogens with two attached hydrogens (primary N) is 1. The monoisotopic (exact) mass is 229 g/mol. The molecule has 3 heteroatoms. The summed E-state index contributed by atoms with van der Waals surface area (Å²) in [4.78, 5) is 0. The molecule has 3 N–H and O–H groups in total. The SMILES string of the molecule is CC(C)(N)c1c(O)cccc1Br. The van der Waals surface area contributed by atoms with Crippen molar-refractivity contribution in [1.82, 2.24) is 0 Å². The number of hydrogen-bond donors (Lipinski definition) is 2. The lowest BCUT2D eigenvalue weighted by molar-refractivity contribution is 0.439. The number of halogens is 1. The Morgan fingerprint density at radius 3 is 2.33 bits per heavy atom. The molecular formula is C9H12BrNO. The summed E-state index contributed by atoms with van der Waals surface area (Å²) in [5.41, 5.74) is 6.09. The zero-order valence-electron chi connectivity index (χ0n) is 7.13. The fraction of sp³-hybridized carbons (Fsp3) is 0.333. The Morgan fingerprint density at radius 2 is 2.00 bits per heavy atom. The molecule has 0 aliphatic carbocycles. The molecule has 1 rings (SSSR count). The summed E-state index contributed by atoms with van der Waals surface area (Å²) >= 11 is 3.34. The topological polar surface area (TPSA) is 46.2 Å². The van der Waals surface area contributed by atoms with Crippen molar-refractivity contribution >= 4 is 15.9 Å². The van der Waals surface area contributed by atoms with E-state index in [4.69, 9.17) is 5.73 Å². The van der Waals surface area contributed by atoms with Crippen LogP contribution in [0.2, 0.25) is 0 Å². The van der Waals surface area contributed by atoms with Gasteiger partial charge in [-0.3, -0.25) is 0 Å². The Hall–Kier alpha value is -0.540. The lowest BCUT2D eigenvalue weighted by atomic mass is 9.95. The van der Waals surface area contributed by atoms with Gasteiger partial charge in [-0.2, -0.15) is 0 Å². The smallest absolute Gasteiger partial charge is 0.121 e.